The van der Waals surface area contributed by atoms with E-state index < -0.39 is 8.69 Å². The van der Waals surface area contributed by atoms with Gasteiger partial charge in [-0.3, -0.25) is 0 Å². The Labute approximate surface area is 101 Å². The van der Waals surface area contributed by atoms with Gasteiger partial charge in [0.2, 0.25) is 0 Å². The Bertz CT molecular complexity index is 502. The topological polar surface area (TPSA) is 60.2 Å². The van der Waals surface area contributed by atoms with Crippen molar-refractivity contribution in [2.75, 3.05) is 0 Å². The lowest BCUT2D eigenvalue weighted by Crippen LogP contribution is -2.30. The quantitative estimate of drug-likeness (QED) is 0.620. The van der Waals surface area contributed by atoms with Crippen LogP contribution in [0.4, 0.5) is 0 Å². The first-order valence-electron chi connectivity index (χ1n) is 4.91. The molecule has 0 amide bonds. The van der Waals surface area contributed by atoms with Crippen molar-refractivity contribution in [1.29, 1.82) is 0 Å². The van der Waals surface area contributed by atoms with E-state index >= 15 is 0 Å². The van der Waals surface area contributed by atoms with Crippen molar-refractivity contribution < 1.29 is 19.1 Å². The molecule has 1 heterocycles. The maximum Gasteiger partial charge on any atom is 0.542 e. The fourth-order valence-electron chi connectivity index (χ4n) is 1.66. The van der Waals surface area contributed by atoms with Crippen LogP contribution in [0, 0.1) is 0 Å². The summed E-state index contributed by atoms with van der Waals surface area (Å²) in [5, 5.41) is 0. The number of pyridine rings is 1. The van der Waals surface area contributed by atoms with Crippen molar-refractivity contribution in [2.24, 2.45) is 7.05 Å². The highest BCUT2D eigenvalue weighted by molar-refractivity contribution is 7.17. The van der Waals surface area contributed by atoms with Crippen LogP contribution in [-0.2, 0) is 11.6 Å². The molecule has 1 atom stereocenters. The van der Waals surface area contributed by atoms with Crippen molar-refractivity contribution >= 4 is 8.69 Å². The van der Waals surface area contributed by atoms with Gasteiger partial charge in [0, 0.05) is 6.07 Å². The molecule has 0 aliphatic heterocycles. The zero-order valence-electron chi connectivity index (χ0n) is 9.33. The second-order valence-corrected chi connectivity index (χ2v) is 3.75. The van der Waals surface area contributed by atoms with E-state index in [0.29, 0.717) is 5.75 Å². The Morgan fingerprint density at radius 2 is 1.82 bits per heavy atom. The van der Waals surface area contributed by atoms with Crippen LogP contribution in [0.1, 0.15) is 0 Å². The summed E-state index contributed by atoms with van der Waals surface area (Å²) in [6.45, 7) is 0. The molecule has 5 heteroatoms. The molecular formula is C12H13NO3P+. The van der Waals surface area contributed by atoms with E-state index in [4.69, 9.17) is 4.52 Å². The van der Waals surface area contributed by atoms with Crippen molar-refractivity contribution in [1.82, 2.24) is 0 Å². The zero-order chi connectivity index (χ0) is 11.4. The van der Waals surface area contributed by atoms with Crippen LogP contribution in [0.3, 0.4) is 0 Å². The first kappa shape index (κ1) is 13.3. The fourth-order valence-corrected chi connectivity index (χ4v) is 1.91. The number of aryl methyl sites for hydroxylation is 1. The Hall–Kier alpha value is -1.77. The average molecular weight is 250 g/mol. The normalized spacial score (nSPS) is 9.71. The Morgan fingerprint density at radius 3 is 2.47 bits per heavy atom. The molecule has 0 spiro atoms. The predicted molar refractivity (Wildman–Crippen MR) is 64.6 cm³/mol. The molecule has 1 unspecified atom stereocenters. The van der Waals surface area contributed by atoms with Crippen LogP contribution in [0.5, 0.6) is 5.75 Å². The second kappa shape index (κ2) is 6.09. The van der Waals surface area contributed by atoms with Gasteiger partial charge in [-0.05, 0) is 22.8 Å². The molecule has 0 bridgehead atoms. The standard InChI is InChI=1S/C12H12NO2P.H2O/c1-13-9-5-8-11(15-16-14)12(13)10-6-3-2-4-7-10;/h2-9,16H,1H3;1H2/q+2;/p-1. The first-order valence-corrected chi connectivity index (χ1v) is 5.72. The maximum atomic E-state index is 10.6. The third-order valence-electron chi connectivity index (χ3n) is 2.34. The minimum atomic E-state index is -0.790. The van der Waals surface area contributed by atoms with Crippen LogP contribution in [0.25, 0.3) is 11.3 Å². The molecular weight excluding hydrogens is 237 g/mol. The van der Waals surface area contributed by atoms with E-state index in [9.17, 15) is 4.57 Å². The van der Waals surface area contributed by atoms with Gasteiger partial charge in [0.15, 0.2) is 6.20 Å². The number of rotatable bonds is 3. The van der Waals surface area contributed by atoms with Gasteiger partial charge in [0.05, 0.1) is 5.56 Å². The SMILES string of the molecule is C[n+]1cccc(O[PH+]=O)c1-c1ccccc1.[OH-]. The van der Waals surface area contributed by atoms with Gasteiger partial charge < -0.3 is 5.48 Å². The molecule has 2 rings (SSSR count). The van der Waals surface area contributed by atoms with E-state index in [0.717, 1.165) is 11.3 Å². The summed E-state index contributed by atoms with van der Waals surface area (Å²) < 4.78 is 17.7. The van der Waals surface area contributed by atoms with E-state index in [-0.39, 0.29) is 5.48 Å². The minimum Gasteiger partial charge on any atom is -0.870 e. The summed E-state index contributed by atoms with van der Waals surface area (Å²) in [4.78, 5) is 0. The van der Waals surface area contributed by atoms with Gasteiger partial charge in [-0.25, -0.2) is 4.52 Å². The Kier molecular flexibility index (Phi) is 4.76. The van der Waals surface area contributed by atoms with Gasteiger partial charge in [0.1, 0.15) is 7.05 Å². The van der Waals surface area contributed by atoms with E-state index in [1.54, 1.807) is 0 Å². The van der Waals surface area contributed by atoms with Gasteiger partial charge >= 0.3 is 8.69 Å². The lowest BCUT2D eigenvalue weighted by molar-refractivity contribution is -0.660. The number of hydrogen-bond acceptors (Lipinski definition) is 3. The molecule has 17 heavy (non-hydrogen) atoms. The molecule has 1 aromatic carbocycles. The average Bonchev–Trinajstić information content (AvgIpc) is 2.31. The lowest BCUT2D eigenvalue weighted by atomic mass is 10.1. The largest absolute Gasteiger partial charge is 0.870 e. The number of aromatic nitrogens is 1. The fraction of sp³-hybridized carbons (Fsp3) is 0.0833. The molecule has 4 nitrogen and oxygen atoms in total. The van der Waals surface area contributed by atoms with Crippen LogP contribution >= 0.6 is 8.69 Å². The molecule has 0 aliphatic carbocycles. The molecule has 2 aromatic rings. The third kappa shape index (κ3) is 2.87. The maximum absolute atomic E-state index is 10.6. The minimum absolute atomic E-state index is 0. The van der Waals surface area contributed by atoms with E-state index in [2.05, 4.69) is 0 Å². The summed E-state index contributed by atoms with van der Waals surface area (Å²) >= 11 is 0. The number of hydrogen-bond donors (Lipinski definition) is 0. The monoisotopic (exact) mass is 250 g/mol. The van der Waals surface area contributed by atoms with Crippen molar-refractivity contribution in [3.63, 3.8) is 0 Å². The molecule has 1 N–H and O–H groups in total. The van der Waals surface area contributed by atoms with Crippen LogP contribution in [0.15, 0.2) is 48.7 Å². The smallest absolute Gasteiger partial charge is 0.542 e. The third-order valence-corrected chi connectivity index (χ3v) is 2.65. The van der Waals surface area contributed by atoms with Crippen molar-refractivity contribution in [2.45, 2.75) is 0 Å². The molecule has 0 saturated carbocycles. The van der Waals surface area contributed by atoms with Gasteiger partial charge in [0.25, 0.3) is 11.4 Å². The van der Waals surface area contributed by atoms with Gasteiger partial charge in [-0.15, -0.1) is 0 Å². The summed E-state index contributed by atoms with van der Waals surface area (Å²) in [5.41, 5.74) is 1.96. The Morgan fingerprint density at radius 1 is 1.12 bits per heavy atom. The molecule has 0 radical (unpaired) electrons. The van der Waals surface area contributed by atoms with E-state index in [1.165, 1.54) is 0 Å². The summed E-state index contributed by atoms with van der Waals surface area (Å²) in [6, 6.07) is 13.6. The van der Waals surface area contributed by atoms with Crippen LogP contribution in [-0.4, -0.2) is 5.48 Å². The van der Waals surface area contributed by atoms with Crippen LogP contribution in [0.2, 0.25) is 0 Å². The molecule has 1 aromatic heterocycles. The van der Waals surface area contributed by atoms with Gasteiger partial charge in [-0.1, -0.05) is 18.2 Å². The molecule has 0 saturated heterocycles. The second-order valence-electron chi connectivity index (χ2n) is 3.38. The van der Waals surface area contributed by atoms with Gasteiger partial charge in [-0.2, -0.15) is 4.57 Å². The lowest BCUT2D eigenvalue weighted by Gasteiger charge is -2.01. The van der Waals surface area contributed by atoms with Crippen LogP contribution < -0.4 is 9.09 Å². The summed E-state index contributed by atoms with van der Waals surface area (Å²) in [5.74, 6) is 0.629. The highest BCUT2D eigenvalue weighted by Gasteiger charge is 2.19. The zero-order valence-corrected chi connectivity index (χ0v) is 10.3. The first-order chi connectivity index (χ1) is 7.83. The highest BCUT2D eigenvalue weighted by Crippen LogP contribution is 2.27. The van der Waals surface area contributed by atoms with Crippen molar-refractivity contribution in [3.05, 3.63) is 48.7 Å². The molecule has 88 valence electrons. The summed E-state index contributed by atoms with van der Waals surface area (Å²) in [7, 11) is 1.14. The predicted octanol–water partition coefficient (Wildman–Crippen LogP) is 2.32. The van der Waals surface area contributed by atoms with Crippen molar-refractivity contribution in [3.8, 4) is 17.0 Å². The Balaban J connectivity index is 0.00000144. The molecule has 0 fully saturated rings. The molecule has 0 aliphatic rings. The number of benzene rings is 1. The summed E-state index contributed by atoms with van der Waals surface area (Å²) in [6.07, 6.45) is 1.93. The number of nitrogens with zero attached hydrogens (tertiary/aromatic N) is 1. The van der Waals surface area contributed by atoms with E-state index in [1.807, 2.05) is 60.3 Å². The highest BCUT2D eigenvalue weighted by atomic mass is 31.1.